The summed E-state index contributed by atoms with van der Waals surface area (Å²) in [6.07, 6.45) is 0. The molecule has 0 fully saturated rings. The molecule has 0 atom stereocenters. The van der Waals surface area contributed by atoms with Gasteiger partial charge in [-0.3, -0.25) is 4.90 Å². The number of furan rings is 1. The highest BCUT2D eigenvalue weighted by atomic mass is 16.4. The normalized spacial score (nSPS) is 13.7. The van der Waals surface area contributed by atoms with Crippen LogP contribution in [-0.2, 0) is 10.8 Å². The zero-order valence-corrected chi connectivity index (χ0v) is 33.2. The van der Waals surface area contributed by atoms with E-state index >= 15 is 0 Å². The third-order valence-corrected chi connectivity index (χ3v) is 12.8. The first-order valence-corrected chi connectivity index (χ1v) is 20.2. The van der Waals surface area contributed by atoms with E-state index in [-0.39, 0.29) is 17.7 Å². The minimum absolute atomic E-state index is 0.0362. The maximum absolute atomic E-state index is 7.10. The third kappa shape index (κ3) is 4.35. The van der Waals surface area contributed by atoms with Gasteiger partial charge in [-0.05, 0) is 87.6 Å². The van der Waals surface area contributed by atoms with Crippen molar-refractivity contribution in [2.75, 3.05) is 4.90 Å². The van der Waals surface area contributed by atoms with Crippen molar-refractivity contribution >= 4 is 89.6 Å². The molecule has 0 unspecified atom stereocenters. The van der Waals surface area contributed by atoms with Gasteiger partial charge in [0.2, 0.25) is 5.88 Å². The lowest BCUT2D eigenvalue weighted by Gasteiger charge is -2.39. The third-order valence-electron chi connectivity index (χ3n) is 12.8. The number of fused-ring (bicyclic) bond motifs is 13. The molecule has 0 saturated carbocycles. The lowest BCUT2D eigenvalue weighted by atomic mass is 9.45. The van der Waals surface area contributed by atoms with Crippen LogP contribution in [-0.4, -0.2) is 15.9 Å². The first kappa shape index (κ1) is 32.8. The number of nitrogens with zero attached hydrogens (tertiary/aromatic N) is 3. The molecule has 2 aliphatic heterocycles. The second-order valence-corrected chi connectivity index (χ2v) is 18.2. The minimum atomic E-state index is -0.125. The van der Waals surface area contributed by atoms with Crippen molar-refractivity contribution < 1.29 is 4.42 Å². The van der Waals surface area contributed by atoms with Crippen LogP contribution in [0.25, 0.3) is 71.4 Å². The number of para-hydroxylation sites is 4. The molecule has 274 valence electrons. The molecule has 5 heterocycles. The topological polar surface area (TPSA) is 26.2 Å². The number of hydrogen-bond donors (Lipinski definition) is 0. The molecule has 3 aromatic heterocycles. The predicted octanol–water partition coefficient (Wildman–Crippen LogP) is 12.7. The SMILES string of the molecule is CC(C)(C)c1ccc(N2c3cc(C(C)(C)C)cc4c3B(c3c2oc2ccccc32)n2c3ccccc3c3cc5c6ccccc6n(-c6ccccc6)c5c-4c32)cc1. The van der Waals surface area contributed by atoms with E-state index in [1.54, 1.807) is 0 Å². The van der Waals surface area contributed by atoms with Crippen LogP contribution in [0.15, 0.2) is 150 Å². The number of benzene rings is 7. The van der Waals surface area contributed by atoms with E-state index in [0.29, 0.717) is 0 Å². The van der Waals surface area contributed by atoms with Gasteiger partial charge in [0, 0.05) is 66.1 Å². The molecule has 4 nitrogen and oxygen atoms in total. The predicted molar refractivity (Wildman–Crippen MR) is 241 cm³/mol. The van der Waals surface area contributed by atoms with Crippen LogP contribution in [0.3, 0.4) is 0 Å². The molecular weight excluding hydrogens is 693 g/mol. The molecule has 0 bridgehead atoms. The Kier molecular flexibility index (Phi) is 6.38. The highest BCUT2D eigenvalue weighted by Gasteiger charge is 2.47. The van der Waals surface area contributed by atoms with E-state index in [2.05, 4.69) is 201 Å². The fourth-order valence-electron chi connectivity index (χ4n) is 10.1. The first-order chi connectivity index (χ1) is 27.6. The molecule has 0 aliphatic carbocycles. The van der Waals surface area contributed by atoms with Gasteiger partial charge < -0.3 is 13.5 Å². The van der Waals surface area contributed by atoms with Crippen LogP contribution in [0, 0.1) is 0 Å². The molecule has 10 aromatic rings. The number of aromatic nitrogens is 2. The zero-order valence-electron chi connectivity index (χ0n) is 33.2. The molecular formula is C52H42BN3O. The molecule has 0 amide bonds. The Morgan fingerprint density at radius 1 is 0.491 bits per heavy atom. The van der Waals surface area contributed by atoms with Gasteiger partial charge in [-0.25, -0.2) is 0 Å². The fourth-order valence-corrected chi connectivity index (χ4v) is 10.1. The quantitative estimate of drug-likeness (QED) is 0.165. The van der Waals surface area contributed by atoms with Gasteiger partial charge in [0.1, 0.15) is 5.58 Å². The minimum Gasteiger partial charge on any atom is -0.440 e. The van der Waals surface area contributed by atoms with Gasteiger partial charge in [0.15, 0.2) is 0 Å². The maximum Gasteiger partial charge on any atom is 0.337 e. The average Bonchev–Trinajstić information content (AvgIpc) is 3.87. The summed E-state index contributed by atoms with van der Waals surface area (Å²) >= 11 is 0. The second kappa shape index (κ2) is 11.1. The standard InChI is InChI=1S/C52H42BN3O/c1-51(2,3)31-24-26-34(27-25-31)55-43-29-32(52(4,5)6)28-40-45-48-38(35-18-10-13-21-41(35)54(48)33-16-8-7-9-17-33)30-39-36-19-11-14-22-42(36)56(49(39)45)53(46(40)43)47-37-20-12-15-23-44(37)57-50(47)55/h7-30H,1-6H3. The summed E-state index contributed by atoms with van der Waals surface area (Å²) in [4.78, 5) is 2.42. The van der Waals surface area contributed by atoms with Crippen molar-refractivity contribution in [2.45, 2.75) is 52.4 Å². The molecule has 0 radical (unpaired) electrons. The Balaban J connectivity index is 1.33. The van der Waals surface area contributed by atoms with E-state index in [9.17, 15) is 0 Å². The van der Waals surface area contributed by atoms with E-state index in [1.165, 1.54) is 82.5 Å². The monoisotopic (exact) mass is 735 g/mol. The van der Waals surface area contributed by atoms with E-state index in [0.717, 1.165) is 28.2 Å². The summed E-state index contributed by atoms with van der Waals surface area (Å²) in [6.45, 7) is 13.7. The van der Waals surface area contributed by atoms with Crippen molar-refractivity contribution in [3.05, 3.63) is 157 Å². The average molecular weight is 736 g/mol. The van der Waals surface area contributed by atoms with Crippen LogP contribution in [0.5, 0.6) is 0 Å². The fraction of sp³-hybridized carbons (Fsp3) is 0.154. The van der Waals surface area contributed by atoms with Crippen LogP contribution in [0.2, 0.25) is 0 Å². The van der Waals surface area contributed by atoms with Crippen LogP contribution in [0.1, 0.15) is 52.7 Å². The largest absolute Gasteiger partial charge is 0.440 e. The zero-order chi connectivity index (χ0) is 38.5. The van der Waals surface area contributed by atoms with Crippen LogP contribution in [0.4, 0.5) is 17.3 Å². The first-order valence-electron chi connectivity index (χ1n) is 20.2. The van der Waals surface area contributed by atoms with E-state index < -0.39 is 0 Å². The van der Waals surface area contributed by atoms with Gasteiger partial charge in [-0.15, -0.1) is 0 Å². The molecule has 57 heavy (non-hydrogen) atoms. The summed E-state index contributed by atoms with van der Waals surface area (Å²) in [5.41, 5.74) is 16.9. The molecule has 12 rings (SSSR count). The number of hydrogen-bond acceptors (Lipinski definition) is 2. The van der Waals surface area contributed by atoms with Crippen LogP contribution >= 0.6 is 0 Å². The number of anilines is 3. The summed E-state index contributed by atoms with van der Waals surface area (Å²) in [5.74, 6) is 0.892. The van der Waals surface area contributed by atoms with Crippen molar-refractivity contribution in [3.63, 3.8) is 0 Å². The van der Waals surface area contributed by atoms with Gasteiger partial charge in [-0.2, -0.15) is 0 Å². The number of rotatable bonds is 2. The van der Waals surface area contributed by atoms with Crippen molar-refractivity contribution in [3.8, 4) is 16.8 Å². The Labute approximate surface area is 332 Å². The maximum atomic E-state index is 7.10. The van der Waals surface area contributed by atoms with Crippen molar-refractivity contribution in [2.24, 2.45) is 0 Å². The molecule has 0 N–H and O–H groups in total. The highest BCUT2D eigenvalue weighted by molar-refractivity contribution is 6.91. The van der Waals surface area contributed by atoms with E-state index in [1.807, 2.05) is 0 Å². The smallest absolute Gasteiger partial charge is 0.337 e. The summed E-state index contributed by atoms with van der Waals surface area (Å²) in [7, 11) is 0. The summed E-state index contributed by atoms with van der Waals surface area (Å²) in [6, 6.07) is 54.2. The molecule has 2 aliphatic rings. The van der Waals surface area contributed by atoms with E-state index in [4.69, 9.17) is 4.42 Å². The molecule has 7 aromatic carbocycles. The van der Waals surface area contributed by atoms with Crippen LogP contribution < -0.4 is 15.8 Å². The van der Waals surface area contributed by atoms with Gasteiger partial charge >= 0.3 is 6.85 Å². The lowest BCUT2D eigenvalue weighted by Crippen LogP contribution is -2.56. The molecule has 0 saturated heterocycles. The Morgan fingerprint density at radius 2 is 1.11 bits per heavy atom. The summed E-state index contributed by atoms with van der Waals surface area (Å²) in [5, 5.41) is 6.24. The lowest BCUT2D eigenvalue weighted by molar-refractivity contribution is 0.589. The van der Waals surface area contributed by atoms with Gasteiger partial charge in [0.05, 0.1) is 11.0 Å². The Hall–Kier alpha value is -6.46. The Morgan fingerprint density at radius 3 is 1.82 bits per heavy atom. The highest BCUT2D eigenvalue weighted by Crippen LogP contribution is 2.51. The molecule has 0 spiro atoms. The summed E-state index contributed by atoms with van der Waals surface area (Å²) < 4.78 is 12.3. The Bertz CT molecular complexity index is 3310. The van der Waals surface area contributed by atoms with Gasteiger partial charge in [0.25, 0.3) is 0 Å². The molecule has 5 heteroatoms. The second-order valence-electron chi connectivity index (χ2n) is 18.2. The van der Waals surface area contributed by atoms with Gasteiger partial charge in [-0.1, -0.05) is 133 Å². The van der Waals surface area contributed by atoms with Crippen molar-refractivity contribution in [1.82, 2.24) is 9.05 Å². The van der Waals surface area contributed by atoms with Crippen molar-refractivity contribution in [1.29, 1.82) is 0 Å².